The van der Waals surface area contributed by atoms with E-state index in [2.05, 4.69) is 26.4 Å². The van der Waals surface area contributed by atoms with Gasteiger partial charge in [-0.05, 0) is 42.3 Å². The number of hydrogen-bond acceptors (Lipinski definition) is 5. The highest BCUT2D eigenvalue weighted by Crippen LogP contribution is 2.63. The van der Waals surface area contributed by atoms with Gasteiger partial charge in [-0.3, -0.25) is 0 Å². The van der Waals surface area contributed by atoms with Crippen LogP contribution in [0.2, 0.25) is 0 Å². The number of halogens is 15. The number of ether oxygens (including phenoxy) is 3. The first-order valence-electron chi connectivity index (χ1n) is 15.3. The van der Waals surface area contributed by atoms with E-state index in [1.54, 1.807) is 24.3 Å². The average molecular weight is 773 g/mol. The topological polar surface area (TPSA) is 53.5 Å². The summed E-state index contributed by atoms with van der Waals surface area (Å²) in [4.78, 5) is 8.18. The van der Waals surface area contributed by atoms with E-state index in [9.17, 15) is 65.9 Å². The fourth-order valence-corrected chi connectivity index (χ4v) is 4.81. The minimum absolute atomic E-state index is 0.0889. The second-order valence-corrected chi connectivity index (χ2v) is 11.7. The highest BCUT2D eigenvalue weighted by molar-refractivity contribution is 5.66. The number of rotatable bonds is 16. The van der Waals surface area contributed by atoms with Gasteiger partial charge in [-0.25, -0.2) is 9.97 Å². The molecule has 4 rings (SSSR count). The number of alkyl halides is 15. The quantitative estimate of drug-likeness (QED) is 0.107. The number of fused-ring (bicyclic) bond motifs is 1. The minimum atomic E-state index is -8.42. The summed E-state index contributed by atoms with van der Waals surface area (Å²) in [6, 6.07) is 9.41. The first-order chi connectivity index (χ1) is 23.9. The van der Waals surface area contributed by atoms with Gasteiger partial charge in [0.05, 0.1) is 6.61 Å². The molecule has 0 N–H and O–H groups in total. The monoisotopic (exact) mass is 772 g/mol. The normalized spacial score (nSPS) is 16.0. The molecule has 1 aliphatic heterocycles. The Labute approximate surface area is 285 Å². The van der Waals surface area contributed by atoms with Gasteiger partial charge in [0.2, 0.25) is 0 Å². The molecule has 288 valence electrons. The van der Waals surface area contributed by atoms with Crippen molar-refractivity contribution in [3.8, 4) is 39.8 Å². The van der Waals surface area contributed by atoms with E-state index in [0.29, 0.717) is 23.5 Å². The van der Waals surface area contributed by atoms with Gasteiger partial charge >= 0.3 is 48.0 Å². The lowest BCUT2D eigenvalue weighted by atomic mass is 9.91. The lowest BCUT2D eigenvalue weighted by Crippen LogP contribution is -2.74. The summed E-state index contributed by atoms with van der Waals surface area (Å²) in [5.74, 6) is -49.0. The first kappa shape index (κ1) is 40.6. The maximum absolute atomic E-state index is 14.7. The van der Waals surface area contributed by atoms with Gasteiger partial charge in [-0.1, -0.05) is 51.2 Å². The number of hydrogen-bond donors (Lipinski definition) is 0. The zero-order chi connectivity index (χ0) is 39.0. The van der Waals surface area contributed by atoms with Gasteiger partial charge in [0.1, 0.15) is 5.75 Å². The van der Waals surface area contributed by atoms with Crippen LogP contribution < -0.4 is 14.2 Å². The Bertz CT molecular complexity index is 1660. The molecule has 0 bridgehead atoms. The van der Waals surface area contributed by atoms with Crippen LogP contribution in [0.4, 0.5) is 65.9 Å². The Hall–Kier alpha value is -4.13. The molecule has 1 atom stereocenters. The van der Waals surface area contributed by atoms with Crippen LogP contribution in [0, 0.1) is 0 Å². The third kappa shape index (κ3) is 7.12. The van der Waals surface area contributed by atoms with E-state index in [4.69, 9.17) is 4.74 Å². The lowest BCUT2D eigenvalue weighted by molar-refractivity contribution is -0.457. The second kappa shape index (κ2) is 14.4. The molecule has 1 aliphatic rings. The van der Waals surface area contributed by atoms with Crippen molar-refractivity contribution < 1.29 is 80.1 Å². The number of aromatic nitrogens is 2. The van der Waals surface area contributed by atoms with E-state index in [0.717, 1.165) is 43.9 Å². The molecule has 1 aromatic heterocycles. The van der Waals surface area contributed by atoms with Crippen molar-refractivity contribution in [3.63, 3.8) is 0 Å². The van der Waals surface area contributed by atoms with Gasteiger partial charge in [0, 0.05) is 23.5 Å². The highest BCUT2D eigenvalue weighted by Gasteiger charge is 2.94. The van der Waals surface area contributed by atoms with Gasteiger partial charge in [0.25, 0.3) is 0 Å². The van der Waals surface area contributed by atoms with E-state index in [1.165, 1.54) is 25.2 Å². The van der Waals surface area contributed by atoms with E-state index in [1.807, 2.05) is 0 Å². The molecule has 1 unspecified atom stereocenters. The summed E-state index contributed by atoms with van der Waals surface area (Å²) in [5.41, 5.74) is 1.05. The third-order valence-electron chi connectivity index (χ3n) is 7.92. The molecule has 3 aromatic rings. The van der Waals surface area contributed by atoms with Crippen LogP contribution in [0.25, 0.3) is 22.5 Å². The molecule has 0 fully saturated rings. The average Bonchev–Trinajstić information content (AvgIpc) is 3.52. The molecule has 0 aliphatic carbocycles. The number of benzene rings is 2. The number of unbranched alkanes of at least 4 members (excludes halogenated alkanes) is 5. The molecule has 2 aromatic carbocycles. The van der Waals surface area contributed by atoms with Crippen molar-refractivity contribution in [2.24, 2.45) is 0 Å². The van der Waals surface area contributed by atoms with E-state index in [-0.39, 0.29) is 11.4 Å². The SMILES string of the molecule is CCCCCCCCOc1ccc(-c2cnc(-c3ccc4c(c3)OC(C(F)(F)C(F)(F)C(F)(F)C(F)(F)C(F)(F)C(F)(F)C(F)(F)F)O4)nc2)cc1. The first-order valence-corrected chi connectivity index (χ1v) is 15.3. The Morgan fingerprint density at radius 2 is 1.06 bits per heavy atom. The van der Waals surface area contributed by atoms with Crippen molar-refractivity contribution in [3.05, 3.63) is 54.9 Å². The van der Waals surface area contributed by atoms with Crippen molar-refractivity contribution in [1.82, 2.24) is 9.97 Å². The molecule has 0 saturated heterocycles. The van der Waals surface area contributed by atoms with Crippen LogP contribution in [0.3, 0.4) is 0 Å². The van der Waals surface area contributed by atoms with Crippen LogP contribution in [0.1, 0.15) is 45.4 Å². The predicted molar refractivity (Wildman–Crippen MR) is 153 cm³/mol. The summed E-state index contributed by atoms with van der Waals surface area (Å²) < 4.78 is 219. The molecule has 0 spiro atoms. The maximum Gasteiger partial charge on any atom is 0.460 e. The summed E-state index contributed by atoms with van der Waals surface area (Å²) >= 11 is 0. The third-order valence-corrected chi connectivity index (χ3v) is 7.92. The van der Waals surface area contributed by atoms with Gasteiger partial charge in [0.15, 0.2) is 17.3 Å². The zero-order valence-corrected chi connectivity index (χ0v) is 26.5. The molecule has 0 saturated carbocycles. The summed E-state index contributed by atoms with van der Waals surface area (Å²) in [7, 11) is 0. The van der Waals surface area contributed by atoms with Crippen LogP contribution in [0.15, 0.2) is 54.9 Å². The predicted octanol–water partition coefficient (Wildman–Crippen LogP) is 11.0. The molecule has 5 nitrogen and oxygen atoms in total. The van der Waals surface area contributed by atoms with E-state index < -0.39 is 59.5 Å². The fraction of sp³-hybridized carbons (Fsp3) is 0.500. The van der Waals surface area contributed by atoms with Crippen molar-refractivity contribution >= 4 is 0 Å². The molecule has 2 heterocycles. The zero-order valence-electron chi connectivity index (χ0n) is 26.5. The minimum Gasteiger partial charge on any atom is -0.494 e. The van der Waals surface area contributed by atoms with Crippen molar-refractivity contribution in [1.29, 1.82) is 0 Å². The van der Waals surface area contributed by atoms with Crippen molar-refractivity contribution in [2.45, 2.75) is 93.5 Å². The molecule has 52 heavy (non-hydrogen) atoms. The highest BCUT2D eigenvalue weighted by atomic mass is 19.4. The molecule has 20 heteroatoms. The molecule has 0 amide bonds. The Balaban J connectivity index is 1.46. The summed E-state index contributed by atoms with van der Waals surface area (Å²) in [6.45, 7) is 2.66. The molecular weight excluding hydrogens is 745 g/mol. The van der Waals surface area contributed by atoms with Gasteiger partial charge in [-0.15, -0.1) is 0 Å². The summed E-state index contributed by atoms with van der Waals surface area (Å²) in [6.07, 6.45) is -2.47. The Morgan fingerprint density at radius 3 is 1.63 bits per heavy atom. The van der Waals surface area contributed by atoms with Crippen LogP contribution in [0.5, 0.6) is 17.2 Å². The fourth-order valence-electron chi connectivity index (χ4n) is 4.81. The van der Waals surface area contributed by atoms with Crippen molar-refractivity contribution in [2.75, 3.05) is 6.61 Å². The van der Waals surface area contributed by atoms with Crippen LogP contribution in [-0.4, -0.2) is 64.6 Å². The maximum atomic E-state index is 14.7. The number of nitrogens with zero attached hydrogens (tertiary/aromatic N) is 2. The van der Waals surface area contributed by atoms with Crippen LogP contribution >= 0.6 is 0 Å². The van der Waals surface area contributed by atoms with Gasteiger partial charge < -0.3 is 14.2 Å². The molecular formula is C32H27F15N2O3. The standard InChI is InChI=1S/C32H27F15N2O3/c1-2-3-4-5-6-7-14-50-21-11-8-18(9-12-21)20-16-48-24(49-17-20)19-10-13-22-23(15-19)52-25(51-22)26(33,34)27(35,36)28(37,38)29(39,40)30(41,42)31(43,44)32(45,46)47/h8-13,15-17,25H,2-7,14H2,1H3. The smallest absolute Gasteiger partial charge is 0.460 e. The largest absolute Gasteiger partial charge is 0.494 e. The lowest BCUT2D eigenvalue weighted by Gasteiger charge is -2.41. The second-order valence-electron chi connectivity index (χ2n) is 11.7. The van der Waals surface area contributed by atoms with Crippen LogP contribution in [-0.2, 0) is 0 Å². The van der Waals surface area contributed by atoms with Gasteiger partial charge in [-0.2, -0.15) is 65.9 Å². The Morgan fingerprint density at radius 1 is 0.558 bits per heavy atom. The summed E-state index contributed by atoms with van der Waals surface area (Å²) in [5, 5.41) is 0. The molecule has 0 radical (unpaired) electrons. The van der Waals surface area contributed by atoms with E-state index >= 15 is 0 Å². The Kier molecular flexibility index (Phi) is 11.2.